The summed E-state index contributed by atoms with van der Waals surface area (Å²) in [7, 11) is 1.59. The Labute approximate surface area is 83.9 Å². The van der Waals surface area contributed by atoms with Crippen molar-refractivity contribution in [1.29, 1.82) is 0 Å². The molecule has 1 aromatic rings. The fraction of sp³-hybridized carbons (Fsp3) is 0.455. The van der Waals surface area contributed by atoms with Crippen LogP contribution in [0.4, 0.5) is 4.39 Å². The number of nitrogens with two attached hydrogens (primary N) is 1. The zero-order chi connectivity index (χ0) is 10.6. The van der Waals surface area contributed by atoms with Gasteiger partial charge in [0.05, 0.1) is 7.11 Å². The van der Waals surface area contributed by atoms with E-state index < -0.39 is 6.17 Å². The van der Waals surface area contributed by atoms with Crippen molar-refractivity contribution in [2.45, 2.75) is 19.5 Å². The average molecular weight is 197 g/mol. The molecule has 0 radical (unpaired) electrons. The second-order valence-corrected chi connectivity index (χ2v) is 3.35. The normalized spacial score (nSPS) is 12.6. The van der Waals surface area contributed by atoms with Crippen molar-refractivity contribution in [3.63, 3.8) is 0 Å². The Bertz CT molecular complexity index is 301. The van der Waals surface area contributed by atoms with E-state index in [2.05, 4.69) is 0 Å². The minimum atomic E-state index is -0.995. The average Bonchev–Trinajstić information content (AvgIpc) is 2.18. The summed E-state index contributed by atoms with van der Waals surface area (Å²) in [6.07, 6.45) is -0.674. The third-order valence-corrected chi connectivity index (χ3v) is 2.13. The number of methoxy groups -OCH3 is 1. The molecule has 1 unspecified atom stereocenters. The fourth-order valence-corrected chi connectivity index (χ4v) is 1.39. The second-order valence-electron chi connectivity index (χ2n) is 3.35. The molecule has 0 aliphatic carbocycles. The second kappa shape index (κ2) is 4.96. The Balaban J connectivity index is 2.87. The van der Waals surface area contributed by atoms with Gasteiger partial charge in [-0.25, -0.2) is 4.39 Å². The van der Waals surface area contributed by atoms with E-state index >= 15 is 0 Å². The molecule has 78 valence electrons. The molecule has 1 atom stereocenters. The van der Waals surface area contributed by atoms with Crippen LogP contribution in [-0.4, -0.2) is 19.8 Å². The highest BCUT2D eigenvalue weighted by molar-refractivity contribution is 5.37. The first-order valence-corrected chi connectivity index (χ1v) is 4.65. The van der Waals surface area contributed by atoms with Crippen LogP contribution in [0.5, 0.6) is 5.75 Å². The summed E-state index contributed by atoms with van der Waals surface area (Å²) >= 11 is 0. The van der Waals surface area contributed by atoms with Gasteiger partial charge in [-0.2, -0.15) is 0 Å². The van der Waals surface area contributed by atoms with Crippen LogP contribution in [0.25, 0.3) is 0 Å². The standard InChI is InChI=1S/C11H16FNO/c1-8-3-4-11(14-2)9(5-8)6-10(12)7-13/h3-5,10H,6-7,13H2,1-2H3. The minimum absolute atomic E-state index is 0.0527. The Hall–Kier alpha value is -1.09. The highest BCUT2D eigenvalue weighted by Crippen LogP contribution is 2.21. The molecule has 0 saturated carbocycles. The zero-order valence-corrected chi connectivity index (χ0v) is 8.59. The van der Waals surface area contributed by atoms with Crippen LogP contribution in [0.3, 0.4) is 0 Å². The molecule has 0 heterocycles. The van der Waals surface area contributed by atoms with Crippen molar-refractivity contribution in [3.8, 4) is 5.75 Å². The lowest BCUT2D eigenvalue weighted by atomic mass is 10.0. The maximum absolute atomic E-state index is 13.1. The van der Waals surface area contributed by atoms with Gasteiger partial charge in [0, 0.05) is 13.0 Å². The Morgan fingerprint density at radius 3 is 2.79 bits per heavy atom. The molecule has 0 saturated heterocycles. The number of hydrogen-bond acceptors (Lipinski definition) is 2. The smallest absolute Gasteiger partial charge is 0.122 e. The first-order chi connectivity index (χ1) is 6.67. The van der Waals surface area contributed by atoms with E-state index in [-0.39, 0.29) is 6.54 Å². The number of ether oxygens (including phenoxy) is 1. The van der Waals surface area contributed by atoms with Gasteiger partial charge in [0.15, 0.2) is 0 Å². The monoisotopic (exact) mass is 197 g/mol. The van der Waals surface area contributed by atoms with Gasteiger partial charge in [0.1, 0.15) is 11.9 Å². The molecular weight excluding hydrogens is 181 g/mol. The highest BCUT2D eigenvalue weighted by atomic mass is 19.1. The summed E-state index contributed by atoms with van der Waals surface area (Å²) in [5.74, 6) is 0.728. The van der Waals surface area contributed by atoms with Crippen molar-refractivity contribution >= 4 is 0 Å². The van der Waals surface area contributed by atoms with Crippen LogP contribution >= 0.6 is 0 Å². The van der Waals surface area contributed by atoms with Crippen molar-refractivity contribution in [2.75, 3.05) is 13.7 Å². The molecule has 1 aromatic carbocycles. The third-order valence-electron chi connectivity index (χ3n) is 2.13. The molecule has 0 fully saturated rings. The van der Waals surface area contributed by atoms with Crippen LogP contribution in [0.1, 0.15) is 11.1 Å². The lowest BCUT2D eigenvalue weighted by molar-refractivity contribution is 0.333. The van der Waals surface area contributed by atoms with Gasteiger partial charge in [0.2, 0.25) is 0 Å². The molecule has 0 aliphatic rings. The van der Waals surface area contributed by atoms with Crippen LogP contribution in [0.2, 0.25) is 0 Å². The van der Waals surface area contributed by atoms with Crippen molar-refractivity contribution < 1.29 is 9.13 Å². The van der Waals surface area contributed by atoms with Crippen LogP contribution < -0.4 is 10.5 Å². The summed E-state index contributed by atoms with van der Waals surface area (Å²) in [6.45, 7) is 2.02. The largest absolute Gasteiger partial charge is 0.496 e. The van der Waals surface area contributed by atoms with E-state index in [0.717, 1.165) is 16.9 Å². The van der Waals surface area contributed by atoms with E-state index in [9.17, 15) is 4.39 Å². The summed E-state index contributed by atoms with van der Waals surface area (Å²) in [4.78, 5) is 0. The number of halogens is 1. The Kier molecular flexibility index (Phi) is 3.89. The molecule has 2 nitrogen and oxygen atoms in total. The Morgan fingerprint density at radius 1 is 1.50 bits per heavy atom. The van der Waals surface area contributed by atoms with Crippen molar-refractivity contribution in [1.82, 2.24) is 0 Å². The van der Waals surface area contributed by atoms with Gasteiger partial charge in [-0.15, -0.1) is 0 Å². The van der Waals surface area contributed by atoms with Crippen molar-refractivity contribution in [3.05, 3.63) is 29.3 Å². The summed E-state index contributed by atoms with van der Waals surface area (Å²) < 4.78 is 18.2. The molecule has 0 aromatic heterocycles. The molecule has 0 bridgehead atoms. The predicted molar refractivity (Wildman–Crippen MR) is 55.4 cm³/mol. The summed E-state index contributed by atoms with van der Waals surface area (Å²) in [5, 5.41) is 0. The third kappa shape index (κ3) is 2.70. The molecule has 0 spiro atoms. The van der Waals surface area contributed by atoms with Gasteiger partial charge < -0.3 is 10.5 Å². The van der Waals surface area contributed by atoms with E-state index in [1.165, 1.54) is 0 Å². The predicted octanol–water partition coefficient (Wildman–Crippen LogP) is 1.84. The Morgan fingerprint density at radius 2 is 2.21 bits per heavy atom. The highest BCUT2D eigenvalue weighted by Gasteiger charge is 2.09. The maximum Gasteiger partial charge on any atom is 0.122 e. The molecule has 0 amide bonds. The summed E-state index contributed by atoms with van der Waals surface area (Å²) in [6, 6.07) is 5.73. The van der Waals surface area contributed by atoms with Crippen LogP contribution in [-0.2, 0) is 6.42 Å². The first kappa shape index (κ1) is 11.0. The van der Waals surface area contributed by atoms with E-state index in [0.29, 0.717) is 6.42 Å². The maximum atomic E-state index is 13.1. The molecular formula is C11H16FNO. The topological polar surface area (TPSA) is 35.2 Å². The van der Waals surface area contributed by atoms with Crippen LogP contribution in [0, 0.1) is 6.92 Å². The van der Waals surface area contributed by atoms with Gasteiger partial charge in [0.25, 0.3) is 0 Å². The number of hydrogen-bond donors (Lipinski definition) is 1. The van der Waals surface area contributed by atoms with Crippen LogP contribution in [0.15, 0.2) is 18.2 Å². The number of aryl methyl sites for hydroxylation is 1. The van der Waals surface area contributed by atoms with Gasteiger partial charge >= 0.3 is 0 Å². The lowest BCUT2D eigenvalue weighted by Gasteiger charge is -2.11. The molecule has 2 N–H and O–H groups in total. The minimum Gasteiger partial charge on any atom is -0.496 e. The number of alkyl halides is 1. The van der Waals surface area contributed by atoms with Gasteiger partial charge in [-0.05, 0) is 18.6 Å². The van der Waals surface area contributed by atoms with Crippen molar-refractivity contribution in [2.24, 2.45) is 5.73 Å². The molecule has 1 rings (SSSR count). The summed E-state index contributed by atoms with van der Waals surface area (Å²) in [5.41, 5.74) is 7.22. The van der Waals surface area contributed by atoms with Gasteiger partial charge in [-0.3, -0.25) is 0 Å². The molecule has 0 aliphatic heterocycles. The van der Waals surface area contributed by atoms with Gasteiger partial charge in [-0.1, -0.05) is 17.7 Å². The first-order valence-electron chi connectivity index (χ1n) is 4.65. The SMILES string of the molecule is COc1ccc(C)cc1CC(F)CN. The molecule has 3 heteroatoms. The number of benzene rings is 1. The van der Waals surface area contributed by atoms with E-state index in [1.807, 2.05) is 25.1 Å². The van der Waals surface area contributed by atoms with E-state index in [4.69, 9.17) is 10.5 Å². The number of rotatable bonds is 4. The molecule has 14 heavy (non-hydrogen) atoms. The zero-order valence-electron chi connectivity index (χ0n) is 8.59. The fourth-order valence-electron chi connectivity index (χ4n) is 1.39. The lowest BCUT2D eigenvalue weighted by Crippen LogP contribution is -2.18. The van der Waals surface area contributed by atoms with E-state index in [1.54, 1.807) is 7.11 Å². The quantitative estimate of drug-likeness (QED) is 0.799.